The molecule has 10 rings (SSSR count). The van der Waals surface area contributed by atoms with Crippen LogP contribution in [0, 0.1) is 10.1 Å². The van der Waals surface area contributed by atoms with Crippen LogP contribution in [-0.4, -0.2) is 34.8 Å². The van der Waals surface area contributed by atoms with Crippen LogP contribution in [0.1, 0.15) is 90.1 Å². The molecule has 321 valence electrons. The smallest absolute Gasteiger partial charge is 0.357 e. The summed E-state index contributed by atoms with van der Waals surface area (Å²) in [7, 11) is 0. The number of nitrogens with zero attached hydrogens (tertiary/aromatic N) is 9. The van der Waals surface area contributed by atoms with Gasteiger partial charge in [0.25, 0.3) is 5.69 Å². The monoisotopic (exact) mass is 890 g/mol. The molecule has 0 fully saturated rings. The van der Waals surface area contributed by atoms with E-state index in [1.165, 1.54) is 12.1 Å². The predicted molar refractivity (Wildman–Crippen MR) is 252 cm³/mol. The summed E-state index contributed by atoms with van der Waals surface area (Å²) in [5.74, 6) is 2.00. The van der Waals surface area contributed by atoms with Gasteiger partial charge in [-0.3, -0.25) is 10.1 Å². The minimum atomic E-state index is -0.401. The molecular weight excluding hydrogens is 846 g/mol. The fourth-order valence-electron chi connectivity index (χ4n) is 8.08. The molecule has 0 spiro atoms. The molecule has 0 atom stereocenters. The van der Waals surface area contributed by atoms with E-state index in [0.29, 0.717) is 45.9 Å². The average Bonchev–Trinajstić information content (AvgIpc) is 3.96. The second-order valence-corrected chi connectivity index (χ2v) is 19.5. The summed E-state index contributed by atoms with van der Waals surface area (Å²) in [6.45, 7) is 19.8. The Balaban J connectivity index is 0.00000518. The number of non-ortho nitro benzene ring substituents is 1. The molecular formula is C52H45CuN9O2. The van der Waals surface area contributed by atoms with E-state index in [0.717, 1.165) is 71.6 Å². The quantitative estimate of drug-likeness (QED) is 0.0726. The van der Waals surface area contributed by atoms with Crippen molar-refractivity contribution in [3.8, 4) is 45.6 Å². The summed E-state index contributed by atoms with van der Waals surface area (Å²) >= 11 is 0. The Kier molecular flexibility index (Phi) is 10.0. The first-order chi connectivity index (χ1) is 29.9. The molecule has 1 radical (unpaired) electrons. The van der Waals surface area contributed by atoms with Gasteiger partial charge in [0.1, 0.15) is 0 Å². The van der Waals surface area contributed by atoms with E-state index in [1.807, 2.05) is 30.4 Å². The Labute approximate surface area is 381 Å². The molecule has 0 unspecified atom stereocenters. The number of rotatable bonds is 3. The van der Waals surface area contributed by atoms with Gasteiger partial charge in [-0.05, 0) is 102 Å². The third kappa shape index (κ3) is 7.56. The minimum absolute atomic E-state index is 0. The molecule has 2 aliphatic rings. The van der Waals surface area contributed by atoms with E-state index in [9.17, 15) is 10.1 Å². The average molecular weight is 892 g/mol. The van der Waals surface area contributed by atoms with Crippen molar-refractivity contribution in [3.63, 3.8) is 0 Å². The Bertz CT molecular complexity index is 3440. The normalized spacial score (nSPS) is 12.7. The fraction of sp³-hybridized carbons (Fsp3) is 0.231. The third-order valence-electron chi connectivity index (χ3n) is 11.9. The van der Waals surface area contributed by atoms with Gasteiger partial charge in [-0.15, -0.1) is 0 Å². The molecule has 12 heteroatoms. The molecule has 0 aliphatic carbocycles. The molecule has 0 N–H and O–H groups in total. The molecule has 0 saturated heterocycles. The summed E-state index contributed by atoms with van der Waals surface area (Å²) in [6.07, 6.45) is 3.89. The van der Waals surface area contributed by atoms with E-state index < -0.39 is 4.92 Å². The van der Waals surface area contributed by atoms with Gasteiger partial charge in [-0.25, -0.2) is 9.97 Å². The number of nitro benzene ring substituents is 1. The maximum absolute atomic E-state index is 11.2. The van der Waals surface area contributed by atoms with Crippen LogP contribution in [0.5, 0.6) is 0 Å². The third-order valence-corrected chi connectivity index (χ3v) is 11.9. The minimum Gasteiger partial charge on any atom is -0.357 e. The van der Waals surface area contributed by atoms with Gasteiger partial charge in [0.15, 0.2) is 0 Å². The van der Waals surface area contributed by atoms with Crippen molar-refractivity contribution < 1.29 is 22.0 Å². The number of nitro groups is 1. The summed E-state index contributed by atoms with van der Waals surface area (Å²) in [4.78, 5) is 52.3. The van der Waals surface area contributed by atoms with Crippen LogP contribution in [0.25, 0.3) is 102 Å². The van der Waals surface area contributed by atoms with Gasteiger partial charge >= 0.3 is 17.1 Å². The van der Waals surface area contributed by atoms with Crippen LogP contribution >= 0.6 is 0 Å². The van der Waals surface area contributed by atoms with Gasteiger partial charge in [0.2, 0.25) is 0 Å². The van der Waals surface area contributed by atoms with Crippen LogP contribution in [0.3, 0.4) is 0 Å². The van der Waals surface area contributed by atoms with E-state index in [2.05, 4.69) is 117 Å². The van der Waals surface area contributed by atoms with Gasteiger partial charge in [0.05, 0.1) is 28.2 Å². The number of aromatic nitrogens is 8. The molecule has 0 amide bonds. The van der Waals surface area contributed by atoms with Crippen molar-refractivity contribution >= 4 is 62.0 Å². The van der Waals surface area contributed by atoms with E-state index in [4.69, 9.17) is 39.9 Å². The van der Waals surface area contributed by atoms with Gasteiger partial charge in [0, 0.05) is 57.0 Å². The molecule has 0 saturated carbocycles. The van der Waals surface area contributed by atoms with Crippen molar-refractivity contribution in [2.75, 3.05) is 0 Å². The van der Waals surface area contributed by atoms with Crippen LogP contribution in [-0.2, 0) is 33.3 Å². The molecule has 64 heavy (non-hydrogen) atoms. The van der Waals surface area contributed by atoms with Gasteiger partial charge in [-0.2, -0.15) is 0 Å². The Morgan fingerprint density at radius 1 is 0.438 bits per heavy atom. The second-order valence-electron chi connectivity index (χ2n) is 19.5. The zero-order valence-electron chi connectivity index (χ0n) is 37.0. The largest absolute Gasteiger partial charge is 2.00 e. The van der Waals surface area contributed by atoms with Crippen molar-refractivity contribution in [1.82, 2.24) is 39.9 Å². The van der Waals surface area contributed by atoms with Crippen molar-refractivity contribution in [2.45, 2.75) is 78.6 Å². The summed E-state index contributed by atoms with van der Waals surface area (Å²) in [5, 5.41) is 14.6. The standard InChI is InChI=1S/C52H45N9O2.Cu/c1-50(2,3)30-15-21-35-39(25-30)47-56-43(35)53-42-34-20-14-29(11-10-28-12-18-33(19-13-28)61(62)63)24-38(34)46(54-42)55-44-36-22-16-31(51(4,5)6)26-40(36)48(58-44)60-49-41-27-32(52(7,8)9)17-23-37(41)45(57-47)59-49;/h10-27H,1-9H3;/q-2;+2/b11-10+;. The SMILES string of the molecule is CC(C)(C)c1ccc2c(c1)-c1nc-2nc2[n-]c(nc3nc(nc4[n-]c(n1)c1ccc(C(C)(C)C)cc41)-c1cc(C(C)(C)C)ccc1-3)c1cc(/C=C/c3ccc([N+](=O)[O-])cc3)ccc21.[Cu+2]. The predicted octanol–water partition coefficient (Wildman–Crippen LogP) is 12.1. The molecule has 5 aromatic carbocycles. The molecule has 5 heterocycles. The molecule has 2 aliphatic heterocycles. The van der Waals surface area contributed by atoms with Crippen molar-refractivity contribution in [1.29, 1.82) is 0 Å². The first kappa shape index (κ1) is 42.4. The van der Waals surface area contributed by atoms with E-state index in [-0.39, 0.29) is 39.0 Å². The second kappa shape index (κ2) is 15.1. The molecule has 11 nitrogen and oxygen atoms in total. The van der Waals surface area contributed by atoms with Crippen LogP contribution in [0.4, 0.5) is 5.69 Å². The van der Waals surface area contributed by atoms with Gasteiger partial charge in [-0.1, -0.05) is 123 Å². The Hall–Kier alpha value is -6.88. The molecule has 8 bridgehead atoms. The molecule has 3 aromatic heterocycles. The van der Waals surface area contributed by atoms with Gasteiger partial charge < -0.3 is 29.9 Å². The Morgan fingerprint density at radius 3 is 1.28 bits per heavy atom. The Morgan fingerprint density at radius 2 is 0.812 bits per heavy atom. The van der Waals surface area contributed by atoms with E-state index >= 15 is 0 Å². The van der Waals surface area contributed by atoms with Crippen molar-refractivity contribution in [2.24, 2.45) is 0 Å². The number of fused-ring (bicyclic) bond motifs is 20. The van der Waals surface area contributed by atoms with E-state index in [1.54, 1.807) is 12.1 Å². The first-order valence-electron chi connectivity index (χ1n) is 21.1. The van der Waals surface area contributed by atoms with Crippen molar-refractivity contribution in [3.05, 3.63) is 135 Å². The zero-order chi connectivity index (χ0) is 44.2. The van der Waals surface area contributed by atoms with Crippen LogP contribution < -0.4 is 9.97 Å². The number of benzene rings is 5. The zero-order valence-corrected chi connectivity index (χ0v) is 38.0. The molecule has 8 aromatic rings. The van der Waals surface area contributed by atoms with Crippen LogP contribution in [0.2, 0.25) is 0 Å². The first-order valence-corrected chi connectivity index (χ1v) is 21.1. The number of hydrogen-bond donors (Lipinski definition) is 0. The maximum Gasteiger partial charge on any atom is 2.00 e. The number of hydrogen-bond acceptors (Lipinski definition) is 8. The summed E-state index contributed by atoms with van der Waals surface area (Å²) in [5.41, 5.74) is 10.2. The van der Waals surface area contributed by atoms with Crippen LogP contribution in [0.15, 0.2) is 97.1 Å². The summed E-state index contributed by atoms with van der Waals surface area (Å²) in [6, 6.07) is 31.6. The summed E-state index contributed by atoms with van der Waals surface area (Å²) < 4.78 is 0. The maximum atomic E-state index is 11.2. The fourth-order valence-corrected chi connectivity index (χ4v) is 8.08. The topological polar surface area (TPSA) is 149 Å².